The molecule has 146 valence electrons. The third-order valence-corrected chi connectivity index (χ3v) is 5.45. The molecule has 0 aliphatic carbocycles. The van der Waals surface area contributed by atoms with Crippen LogP contribution in [0.5, 0.6) is 5.75 Å². The molecule has 0 aliphatic rings. The van der Waals surface area contributed by atoms with Crippen molar-refractivity contribution in [1.82, 2.24) is 14.8 Å². The van der Waals surface area contributed by atoms with Crippen molar-refractivity contribution in [3.63, 3.8) is 0 Å². The number of sulfonamides is 1. The monoisotopic (exact) mass is 402 g/mol. The molecule has 10 heteroatoms. The van der Waals surface area contributed by atoms with Crippen molar-refractivity contribution in [2.75, 3.05) is 11.3 Å². The molecule has 28 heavy (non-hydrogen) atoms. The Kier molecular flexibility index (Phi) is 5.32. The Balaban J connectivity index is 1.86. The quantitative estimate of drug-likeness (QED) is 0.620. The molecule has 0 saturated heterocycles. The molecule has 0 spiro atoms. The molecule has 3 rings (SSSR count). The number of ether oxygens (including phenoxy) is 1. The Morgan fingerprint density at radius 1 is 1.25 bits per heavy atom. The van der Waals surface area contributed by atoms with Gasteiger partial charge in [-0.25, -0.2) is 22.9 Å². The lowest BCUT2D eigenvalue weighted by molar-refractivity contribution is -0.139. The minimum atomic E-state index is -3.93. The number of rotatable bonds is 7. The summed E-state index contributed by atoms with van der Waals surface area (Å²) >= 11 is 0. The minimum absolute atomic E-state index is 0.00496. The second kappa shape index (κ2) is 7.69. The van der Waals surface area contributed by atoms with Crippen molar-refractivity contribution in [2.45, 2.75) is 18.7 Å². The maximum absolute atomic E-state index is 12.8. The molecule has 0 radical (unpaired) electrons. The average Bonchev–Trinajstić information content (AvgIpc) is 3.16. The van der Waals surface area contributed by atoms with Gasteiger partial charge in [0.15, 0.2) is 12.4 Å². The highest BCUT2D eigenvalue weighted by Crippen LogP contribution is 2.30. The highest BCUT2D eigenvalue weighted by atomic mass is 32.2. The van der Waals surface area contributed by atoms with Crippen LogP contribution < -0.4 is 9.46 Å². The maximum Gasteiger partial charge on any atom is 0.341 e. The van der Waals surface area contributed by atoms with Crippen LogP contribution in [0, 0.1) is 13.8 Å². The SMILES string of the molecule is Cc1ccc(S(=O)(=O)Nc2ccc(-n3cccn3)nc2)c(C)c1OCC(=O)O. The van der Waals surface area contributed by atoms with E-state index in [1.54, 1.807) is 55.2 Å². The molecule has 0 fully saturated rings. The van der Waals surface area contributed by atoms with Crippen LogP contribution in [0.15, 0.2) is 53.8 Å². The lowest BCUT2D eigenvalue weighted by Crippen LogP contribution is -2.16. The Hall–Kier alpha value is -3.40. The third kappa shape index (κ3) is 4.12. The first kappa shape index (κ1) is 19.4. The Morgan fingerprint density at radius 2 is 2.04 bits per heavy atom. The first-order valence-electron chi connectivity index (χ1n) is 8.21. The molecular weight excluding hydrogens is 384 g/mol. The first-order chi connectivity index (χ1) is 13.3. The van der Waals surface area contributed by atoms with Crippen LogP contribution in [0.1, 0.15) is 11.1 Å². The number of pyridine rings is 1. The van der Waals surface area contributed by atoms with Crippen molar-refractivity contribution >= 4 is 21.7 Å². The van der Waals surface area contributed by atoms with Gasteiger partial charge < -0.3 is 9.84 Å². The van der Waals surface area contributed by atoms with E-state index in [1.807, 2.05) is 0 Å². The van der Waals surface area contributed by atoms with Crippen molar-refractivity contribution < 1.29 is 23.1 Å². The van der Waals surface area contributed by atoms with Gasteiger partial charge in [0, 0.05) is 18.0 Å². The van der Waals surface area contributed by atoms with Gasteiger partial charge in [-0.15, -0.1) is 0 Å². The van der Waals surface area contributed by atoms with E-state index in [0.29, 0.717) is 16.9 Å². The summed E-state index contributed by atoms with van der Waals surface area (Å²) in [5, 5.41) is 12.9. The molecule has 2 aromatic heterocycles. The van der Waals surface area contributed by atoms with Gasteiger partial charge in [0.25, 0.3) is 10.0 Å². The van der Waals surface area contributed by atoms with Gasteiger partial charge in [-0.3, -0.25) is 4.72 Å². The number of carboxylic acids is 1. The molecule has 2 heterocycles. The number of aryl methyl sites for hydroxylation is 1. The lowest BCUT2D eigenvalue weighted by Gasteiger charge is -2.15. The number of nitrogens with zero attached hydrogens (tertiary/aromatic N) is 3. The van der Waals surface area contributed by atoms with Crippen molar-refractivity contribution in [1.29, 1.82) is 0 Å². The average molecular weight is 402 g/mol. The van der Waals surface area contributed by atoms with Crippen molar-refractivity contribution in [2.24, 2.45) is 0 Å². The largest absolute Gasteiger partial charge is 0.481 e. The van der Waals surface area contributed by atoms with E-state index < -0.39 is 22.6 Å². The molecule has 2 N–H and O–H groups in total. The van der Waals surface area contributed by atoms with Gasteiger partial charge in [-0.1, -0.05) is 6.07 Å². The fraction of sp³-hybridized carbons (Fsp3) is 0.167. The second-order valence-corrected chi connectivity index (χ2v) is 7.63. The van der Waals surface area contributed by atoms with E-state index in [9.17, 15) is 13.2 Å². The zero-order chi connectivity index (χ0) is 20.3. The molecule has 0 aliphatic heterocycles. The number of benzene rings is 1. The second-order valence-electron chi connectivity index (χ2n) is 5.98. The van der Waals surface area contributed by atoms with Crippen molar-refractivity contribution in [3.05, 3.63) is 60.0 Å². The fourth-order valence-electron chi connectivity index (χ4n) is 2.65. The molecule has 0 unspecified atom stereocenters. The third-order valence-electron chi connectivity index (χ3n) is 3.92. The predicted octanol–water partition coefficient (Wildman–Crippen LogP) is 2.15. The smallest absolute Gasteiger partial charge is 0.341 e. The summed E-state index contributed by atoms with van der Waals surface area (Å²) in [6.07, 6.45) is 4.73. The number of aliphatic carboxylic acids is 1. The highest BCUT2D eigenvalue weighted by molar-refractivity contribution is 7.92. The van der Waals surface area contributed by atoms with Gasteiger partial charge in [0.1, 0.15) is 5.75 Å². The van der Waals surface area contributed by atoms with Crippen LogP contribution in [0.25, 0.3) is 5.82 Å². The number of nitrogens with one attached hydrogen (secondary N) is 1. The fourth-order valence-corrected chi connectivity index (χ4v) is 3.94. The van der Waals surface area contributed by atoms with E-state index >= 15 is 0 Å². The highest BCUT2D eigenvalue weighted by Gasteiger charge is 2.21. The van der Waals surface area contributed by atoms with Crippen LogP contribution in [-0.4, -0.2) is 40.9 Å². The Labute approximate surface area is 161 Å². The van der Waals surface area contributed by atoms with Crippen LogP contribution in [-0.2, 0) is 14.8 Å². The van der Waals surface area contributed by atoms with Gasteiger partial charge >= 0.3 is 5.97 Å². The standard InChI is InChI=1S/C18H18N4O5S/c1-12-4-6-15(13(2)18(12)27-11-17(23)24)28(25,26)21-14-5-7-16(19-10-14)22-9-3-8-20-22/h3-10,21H,11H2,1-2H3,(H,23,24). The summed E-state index contributed by atoms with van der Waals surface area (Å²) in [5.74, 6) is -0.366. The molecule has 0 atom stereocenters. The Morgan fingerprint density at radius 3 is 2.64 bits per heavy atom. The topological polar surface area (TPSA) is 123 Å². The molecule has 3 aromatic rings. The van der Waals surface area contributed by atoms with E-state index in [1.165, 1.54) is 12.3 Å². The summed E-state index contributed by atoms with van der Waals surface area (Å²) in [6.45, 7) is 2.72. The molecule has 0 bridgehead atoms. The number of carboxylic acid groups (broad SMARTS) is 1. The van der Waals surface area contributed by atoms with Crippen LogP contribution in [0.4, 0.5) is 5.69 Å². The van der Waals surface area contributed by atoms with E-state index in [0.717, 1.165) is 0 Å². The number of aromatic nitrogens is 3. The predicted molar refractivity (Wildman–Crippen MR) is 101 cm³/mol. The number of anilines is 1. The van der Waals surface area contributed by atoms with Gasteiger partial charge in [-0.05, 0) is 43.7 Å². The molecule has 9 nitrogen and oxygen atoms in total. The number of carbonyl (C=O) groups is 1. The van der Waals surface area contributed by atoms with E-state index in [4.69, 9.17) is 9.84 Å². The summed E-state index contributed by atoms with van der Waals surface area (Å²) in [7, 11) is -3.93. The Bertz CT molecular complexity index is 1090. The van der Waals surface area contributed by atoms with Crippen LogP contribution >= 0.6 is 0 Å². The summed E-state index contributed by atoms with van der Waals surface area (Å²) in [6, 6.07) is 7.98. The number of hydrogen-bond acceptors (Lipinski definition) is 6. The van der Waals surface area contributed by atoms with Gasteiger partial charge in [0.05, 0.1) is 16.8 Å². The summed E-state index contributed by atoms with van der Waals surface area (Å²) < 4.78 is 34.9. The minimum Gasteiger partial charge on any atom is -0.481 e. The molecule has 1 aromatic carbocycles. The van der Waals surface area contributed by atoms with Crippen LogP contribution in [0.3, 0.4) is 0 Å². The molecular formula is C18H18N4O5S. The van der Waals surface area contributed by atoms with E-state index in [-0.39, 0.29) is 16.3 Å². The molecule has 0 saturated carbocycles. The zero-order valence-corrected chi connectivity index (χ0v) is 16.0. The zero-order valence-electron chi connectivity index (χ0n) is 15.2. The van der Waals surface area contributed by atoms with Crippen LogP contribution in [0.2, 0.25) is 0 Å². The normalized spacial score (nSPS) is 11.2. The van der Waals surface area contributed by atoms with Gasteiger partial charge in [-0.2, -0.15) is 5.10 Å². The number of hydrogen-bond donors (Lipinski definition) is 2. The summed E-state index contributed by atoms with van der Waals surface area (Å²) in [5.41, 5.74) is 1.25. The van der Waals surface area contributed by atoms with Crippen molar-refractivity contribution in [3.8, 4) is 11.6 Å². The molecule has 0 amide bonds. The first-order valence-corrected chi connectivity index (χ1v) is 9.70. The maximum atomic E-state index is 12.8. The van der Waals surface area contributed by atoms with Gasteiger partial charge in [0.2, 0.25) is 0 Å². The summed E-state index contributed by atoms with van der Waals surface area (Å²) in [4.78, 5) is 14.9. The lowest BCUT2D eigenvalue weighted by atomic mass is 10.1. The van der Waals surface area contributed by atoms with E-state index in [2.05, 4.69) is 14.8 Å².